The fourth-order valence-corrected chi connectivity index (χ4v) is 2.57. The van der Waals surface area contributed by atoms with Gasteiger partial charge >= 0.3 is 0 Å². The third-order valence-electron chi connectivity index (χ3n) is 2.85. The Balaban J connectivity index is 1.79. The molecule has 2 rings (SSSR count). The van der Waals surface area contributed by atoms with E-state index < -0.39 is 0 Å². The molecule has 1 aromatic heterocycles. The minimum Gasteiger partial charge on any atom is -0.497 e. The molecule has 3 N–H and O–H groups in total. The molecule has 0 amide bonds. The van der Waals surface area contributed by atoms with Crippen molar-refractivity contribution in [3.8, 4) is 5.75 Å². The first-order valence-electron chi connectivity index (χ1n) is 6.23. The van der Waals surface area contributed by atoms with Gasteiger partial charge in [0.05, 0.1) is 12.1 Å². The van der Waals surface area contributed by atoms with Crippen LogP contribution in [0.25, 0.3) is 0 Å². The number of hydrogen-bond acceptors (Lipinski definition) is 5. The van der Waals surface area contributed by atoms with E-state index in [4.69, 9.17) is 10.5 Å². The molecule has 0 atom stereocenters. The Morgan fingerprint density at radius 1 is 1.42 bits per heavy atom. The molecule has 0 aliphatic heterocycles. The molecule has 0 saturated carbocycles. The maximum Gasteiger partial charge on any atom is 0.120 e. The number of benzene rings is 1. The highest BCUT2D eigenvalue weighted by molar-refractivity contribution is 7.09. The van der Waals surface area contributed by atoms with Crippen LogP contribution in [0.1, 0.15) is 16.3 Å². The summed E-state index contributed by atoms with van der Waals surface area (Å²) in [5.74, 6) is 0.791. The van der Waals surface area contributed by atoms with Gasteiger partial charge < -0.3 is 15.8 Å². The Bertz CT molecular complexity index is 539. The third-order valence-corrected chi connectivity index (χ3v) is 3.88. The molecule has 0 radical (unpaired) electrons. The van der Waals surface area contributed by atoms with E-state index in [1.54, 1.807) is 18.4 Å². The average Bonchev–Trinajstić information content (AvgIpc) is 2.82. The van der Waals surface area contributed by atoms with Crippen molar-refractivity contribution in [2.45, 2.75) is 19.9 Å². The first-order valence-corrected chi connectivity index (χ1v) is 7.11. The summed E-state index contributed by atoms with van der Waals surface area (Å²) in [5, 5.41) is 6.64. The van der Waals surface area contributed by atoms with E-state index in [0.29, 0.717) is 0 Å². The van der Waals surface area contributed by atoms with Crippen molar-refractivity contribution in [3.05, 3.63) is 39.8 Å². The molecular weight excluding hydrogens is 258 g/mol. The van der Waals surface area contributed by atoms with Gasteiger partial charge in [-0.2, -0.15) is 0 Å². The van der Waals surface area contributed by atoms with E-state index in [2.05, 4.69) is 15.7 Å². The number of nitrogens with one attached hydrogen (secondary N) is 1. The second-order valence-electron chi connectivity index (χ2n) is 4.37. The van der Waals surface area contributed by atoms with Crippen LogP contribution in [-0.4, -0.2) is 18.6 Å². The average molecular weight is 277 g/mol. The summed E-state index contributed by atoms with van der Waals surface area (Å²) in [6.07, 6.45) is 0.953. The molecule has 2 aromatic rings. The van der Waals surface area contributed by atoms with Crippen molar-refractivity contribution in [1.29, 1.82) is 0 Å². The van der Waals surface area contributed by atoms with Crippen LogP contribution in [-0.2, 0) is 13.0 Å². The summed E-state index contributed by atoms with van der Waals surface area (Å²) in [5.41, 5.74) is 8.91. The fourth-order valence-electron chi connectivity index (χ4n) is 1.80. The molecule has 5 heteroatoms. The van der Waals surface area contributed by atoms with Gasteiger partial charge in [-0.15, -0.1) is 11.3 Å². The molecule has 4 nitrogen and oxygen atoms in total. The Kier molecular flexibility index (Phi) is 4.76. The minimum atomic E-state index is 0.761. The predicted octanol–water partition coefficient (Wildman–Crippen LogP) is 2.37. The van der Waals surface area contributed by atoms with Crippen LogP contribution in [0, 0.1) is 6.92 Å². The predicted molar refractivity (Wildman–Crippen MR) is 79.7 cm³/mol. The number of hydrogen-bond donors (Lipinski definition) is 2. The van der Waals surface area contributed by atoms with Crippen molar-refractivity contribution in [1.82, 2.24) is 10.3 Å². The van der Waals surface area contributed by atoms with Gasteiger partial charge in [-0.3, -0.25) is 0 Å². The van der Waals surface area contributed by atoms with Gasteiger partial charge in [-0.25, -0.2) is 4.98 Å². The first kappa shape index (κ1) is 13.8. The third kappa shape index (κ3) is 3.94. The topological polar surface area (TPSA) is 60.2 Å². The fraction of sp³-hybridized carbons (Fsp3) is 0.357. The number of methoxy groups -OCH3 is 1. The first-order chi connectivity index (χ1) is 9.19. The Morgan fingerprint density at radius 2 is 2.26 bits per heavy atom. The van der Waals surface area contributed by atoms with Gasteiger partial charge in [0.25, 0.3) is 0 Å². The Labute approximate surface area is 117 Å². The van der Waals surface area contributed by atoms with E-state index in [-0.39, 0.29) is 0 Å². The second kappa shape index (κ2) is 6.54. The second-order valence-corrected chi connectivity index (χ2v) is 5.32. The number of nitrogen functional groups attached to an aromatic ring is 1. The molecular formula is C14H19N3OS. The molecule has 1 heterocycles. The number of aromatic nitrogens is 1. The van der Waals surface area contributed by atoms with Crippen molar-refractivity contribution in [3.63, 3.8) is 0 Å². The number of nitrogens with zero attached hydrogens (tertiary/aromatic N) is 1. The van der Waals surface area contributed by atoms with Crippen molar-refractivity contribution < 1.29 is 4.74 Å². The van der Waals surface area contributed by atoms with Crippen molar-refractivity contribution in [2.75, 3.05) is 19.4 Å². The van der Waals surface area contributed by atoms with E-state index in [1.807, 2.05) is 25.1 Å². The summed E-state index contributed by atoms with van der Waals surface area (Å²) >= 11 is 1.71. The SMILES string of the molecule is COc1ccc(CNCCc2nc(C)cs2)c(N)c1. The normalized spacial score (nSPS) is 10.6. The van der Waals surface area contributed by atoms with Crippen LogP contribution in [0.4, 0.5) is 5.69 Å². The zero-order chi connectivity index (χ0) is 13.7. The molecule has 0 saturated heterocycles. The number of thiazole rings is 1. The van der Waals surface area contributed by atoms with Gasteiger partial charge in [0, 0.05) is 42.3 Å². The molecule has 0 aliphatic rings. The molecule has 0 spiro atoms. The molecule has 0 aliphatic carbocycles. The van der Waals surface area contributed by atoms with E-state index in [0.717, 1.165) is 42.2 Å². The number of nitrogens with two attached hydrogens (primary N) is 1. The summed E-state index contributed by atoms with van der Waals surface area (Å²) < 4.78 is 5.13. The lowest BCUT2D eigenvalue weighted by atomic mass is 10.1. The van der Waals surface area contributed by atoms with Gasteiger partial charge in [-0.05, 0) is 18.6 Å². The van der Waals surface area contributed by atoms with Crippen LogP contribution in [0.2, 0.25) is 0 Å². The molecule has 19 heavy (non-hydrogen) atoms. The van der Waals surface area contributed by atoms with E-state index in [1.165, 1.54) is 5.01 Å². The van der Waals surface area contributed by atoms with Crippen LogP contribution >= 0.6 is 11.3 Å². The Morgan fingerprint density at radius 3 is 2.89 bits per heavy atom. The highest BCUT2D eigenvalue weighted by Gasteiger charge is 2.02. The zero-order valence-electron chi connectivity index (χ0n) is 11.3. The van der Waals surface area contributed by atoms with E-state index in [9.17, 15) is 0 Å². The molecule has 0 unspecified atom stereocenters. The maximum absolute atomic E-state index is 5.96. The van der Waals surface area contributed by atoms with Crippen LogP contribution in [0.15, 0.2) is 23.6 Å². The lowest BCUT2D eigenvalue weighted by molar-refractivity contribution is 0.415. The minimum absolute atomic E-state index is 0.761. The lowest BCUT2D eigenvalue weighted by Crippen LogP contribution is -2.17. The molecule has 1 aromatic carbocycles. The Hall–Kier alpha value is -1.59. The maximum atomic E-state index is 5.96. The van der Waals surface area contributed by atoms with Crippen molar-refractivity contribution in [2.24, 2.45) is 0 Å². The highest BCUT2D eigenvalue weighted by Crippen LogP contribution is 2.19. The summed E-state index contributed by atoms with van der Waals surface area (Å²) in [6.45, 7) is 3.68. The largest absolute Gasteiger partial charge is 0.497 e. The van der Waals surface area contributed by atoms with Gasteiger partial charge in [0.2, 0.25) is 0 Å². The summed E-state index contributed by atoms with van der Waals surface area (Å²) in [6, 6.07) is 5.77. The quantitative estimate of drug-likeness (QED) is 0.628. The van der Waals surface area contributed by atoms with Crippen LogP contribution < -0.4 is 15.8 Å². The van der Waals surface area contributed by atoms with Crippen molar-refractivity contribution >= 4 is 17.0 Å². The number of aryl methyl sites for hydroxylation is 1. The monoisotopic (exact) mass is 277 g/mol. The molecule has 0 bridgehead atoms. The lowest BCUT2D eigenvalue weighted by Gasteiger charge is -2.08. The summed E-state index contributed by atoms with van der Waals surface area (Å²) in [4.78, 5) is 4.43. The highest BCUT2D eigenvalue weighted by atomic mass is 32.1. The molecule has 0 fully saturated rings. The van der Waals surface area contributed by atoms with Crippen LogP contribution in [0.5, 0.6) is 5.75 Å². The molecule has 102 valence electrons. The number of ether oxygens (including phenoxy) is 1. The van der Waals surface area contributed by atoms with Gasteiger partial charge in [0.15, 0.2) is 0 Å². The standard InChI is InChI=1S/C14H19N3OS/c1-10-9-19-14(17-10)5-6-16-8-11-3-4-12(18-2)7-13(11)15/h3-4,7,9,16H,5-6,8,15H2,1-2H3. The number of anilines is 1. The van der Waals surface area contributed by atoms with Crippen LogP contribution in [0.3, 0.4) is 0 Å². The summed E-state index contributed by atoms with van der Waals surface area (Å²) in [7, 11) is 1.64. The number of rotatable bonds is 6. The van der Waals surface area contributed by atoms with Gasteiger partial charge in [-0.1, -0.05) is 6.07 Å². The van der Waals surface area contributed by atoms with Gasteiger partial charge in [0.1, 0.15) is 5.75 Å². The van der Waals surface area contributed by atoms with E-state index >= 15 is 0 Å². The smallest absolute Gasteiger partial charge is 0.120 e. The zero-order valence-corrected chi connectivity index (χ0v) is 12.1.